The summed E-state index contributed by atoms with van der Waals surface area (Å²) >= 11 is 0. The van der Waals surface area contributed by atoms with Gasteiger partial charge in [0.05, 0.1) is 24.8 Å². The Morgan fingerprint density at radius 3 is 1.76 bits per heavy atom. The molecular weight excluding hydrogens is 265 g/mol. The third-order valence-electron chi connectivity index (χ3n) is 3.90. The Morgan fingerprint density at radius 1 is 0.667 bits per heavy atom. The van der Waals surface area contributed by atoms with Gasteiger partial charge in [-0.25, -0.2) is 0 Å². The normalized spacial score (nSPS) is 13.4. The van der Waals surface area contributed by atoms with E-state index in [4.69, 9.17) is 9.47 Å². The zero-order valence-electron chi connectivity index (χ0n) is 10.9. The topological polar surface area (TPSA) is 57.1 Å². The first-order valence-corrected chi connectivity index (χ1v) is 6.63. The van der Waals surface area contributed by atoms with Crippen LogP contribution < -0.4 is 25.9 Å². The Kier molecular flexibility index (Phi) is 1.97. The van der Waals surface area contributed by atoms with Crippen molar-refractivity contribution >= 4 is 23.1 Å². The minimum absolute atomic E-state index is 0.0662. The third-order valence-corrected chi connectivity index (χ3v) is 3.90. The van der Waals surface area contributed by atoms with Crippen LogP contribution in [0.5, 0.6) is 23.0 Å². The van der Waals surface area contributed by atoms with Crippen molar-refractivity contribution in [1.29, 1.82) is 0 Å². The maximum Gasteiger partial charge on any atom is 0.261 e. The molecule has 5 nitrogen and oxygen atoms in total. The molecule has 3 aromatic rings. The predicted molar refractivity (Wildman–Crippen MR) is 77.5 cm³/mol. The highest BCUT2D eigenvalue weighted by Crippen LogP contribution is 2.32. The lowest BCUT2D eigenvalue weighted by molar-refractivity contribution is 0.458. The summed E-state index contributed by atoms with van der Waals surface area (Å²) in [7, 11) is 0. The van der Waals surface area contributed by atoms with Crippen LogP contribution >= 0.6 is 0 Å². The zero-order valence-corrected chi connectivity index (χ0v) is 10.9. The molecule has 3 aromatic heterocycles. The lowest BCUT2D eigenvalue weighted by Gasteiger charge is -2.31. The van der Waals surface area contributed by atoms with Gasteiger partial charge in [0, 0.05) is 17.9 Å². The summed E-state index contributed by atoms with van der Waals surface area (Å²) in [6, 6.07) is 3.98. The first-order chi connectivity index (χ1) is 10.4. The standard InChI is InChI=1S/C15H8BN3O2/c1-3-17-5-11-9(1)16-10-2-4-18-6-12(10)21-14-8-19-7-13(20-11)15(14)16/h1-8H. The maximum absolute atomic E-state index is 5.92. The second kappa shape index (κ2) is 3.82. The van der Waals surface area contributed by atoms with Crippen molar-refractivity contribution in [3.8, 4) is 23.0 Å². The van der Waals surface area contributed by atoms with E-state index in [1.807, 2.05) is 12.1 Å². The molecule has 0 spiro atoms. The number of fused-ring (bicyclic) bond motifs is 4. The fourth-order valence-corrected chi connectivity index (χ4v) is 3.02. The molecule has 0 fully saturated rings. The molecule has 0 bridgehead atoms. The van der Waals surface area contributed by atoms with Crippen molar-refractivity contribution < 1.29 is 9.47 Å². The molecule has 0 N–H and O–H groups in total. The summed E-state index contributed by atoms with van der Waals surface area (Å²) in [5, 5.41) is 0. The van der Waals surface area contributed by atoms with Gasteiger partial charge in [-0.3, -0.25) is 15.0 Å². The first-order valence-electron chi connectivity index (χ1n) is 6.63. The number of aromatic nitrogens is 3. The second-order valence-electron chi connectivity index (χ2n) is 5.01. The molecule has 0 amide bonds. The van der Waals surface area contributed by atoms with E-state index in [1.165, 1.54) is 0 Å². The zero-order chi connectivity index (χ0) is 13.8. The average Bonchev–Trinajstić information content (AvgIpc) is 2.54. The quantitative estimate of drug-likeness (QED) is 0.387. The summed E-state index contributed by atoms with van der Waals surface area (Å²) < 4.78 is 11.8. The van der Waals surface area contributed by atoms with Crippen LogP contribution in [0.3, 0.4) is 0 Å². The molecule has 21 heavy (non-hydrogen) atoms. The van der Waals surface area contributed by atoms with Crippen LogP contribution in [-0.4, -0.2) is 21.7 Å². The van der Waals surface area contributed by atoms with Crippen LogP contribution in [-0.2, 0) is 0 Å². The molecule has 2 aliphatic rings. The van der Waals surface area contributed by atoms with Crippen LogP contribution in [0.4, 0.5) is 0 Å². The molecular formula is C15H8BN3O2. The molecule has 0 aliphatic carbocycles. The van der Waals surface area contributed by atoms with Crippen LogP contribution in [0.2, 0.25) is 0 Å². The fourth-order valence-electron chi connectivity index (χ4n) is 3.02. The largest absolute Gasteiger partial charge is 0.455 e. The smallest absolute Gasteiger partial charge is 0.261 e. The molecule has 0 saturated carbocycles. The number of rotatable bonds is 0. The summed E-state index contributed by atoms with van der Waals surface area (Å²) in [4.78, 5) is 12.5. The van der Waals surface area contributed by atoms with Crippen LogP contribution in [0.25, 0.3) is 0 Å². The summed E-state index contributed by atoms with van der Waals surface area (Å²) in [5.41, 5.74) is 3.18. The Balaban J connectivity index is 1.88. The van der Waals surface area contributed by atoms with E-state index in [0.717, 1.165) is 39.4 Å². The molecule has 0 atom stereocenters. The van der Waals surface area contributed by atoms with Crippen molar-refractivity contribution in [2.45, 2.75) is 0 Å². The van der Waals surface area contributed by atoms with Gasteiger partial charge in [0.25, 0.3) is 6.71 Å². The number of pyridine rings is 3. The highest BCUT2D eigenvalue weighted by Gasteiger charge is 2.40. The van der Waals surface area contributed by atoms with Gasteiger partial charge in [0.1, 0.15) is 23.0 Å². The SMILES string of the molecule is c1cc2c(cn1)Oc1cncc3c1B2c1ccncc1O3. The molecule has 6 heteroatoms. The molecule has 2 aliphatic heterocycles. The van der Waals surface area contributed by atoms with E-state index in [0.29, 0.717) is 0 Å². The first kappa shape index (κ1) is 10.8. The lowest BCUT2D eigenvalue weighted by atomic mass is 9.35. The van der Waals surface area contributed by atoms with Gasteiger partial charge in [0.15, 0.2) is 0 Å². The van der Waals surface area contributed by atoms with Gasteiger partial charge in [-0.15, -0.1) is 0 Å². The lowest BCUT2D eigenvalue weighted by Crippen LogP contribution is -2.57. The number of ether oxygens (including phenoxy) is 2. The third kappa shape index (κ3) is 1.39. The Hall–Kier alpha value is -2.89. The van der Waals surface area contributed by atoms with Gasteiger partial charge >= 0.3 is 0 Å². The monoisotopic (exact) mass is 273 g/mol. The fraction of sp³-hybridized carbons (Fsp3) is 0. The van der Waals surface area contributed by atoms with Gasteiger partial charge in [-0.2, -0.15) is 0 Å². The summed E-state index contributed by atoms with van der Waals surface area (Å²) in [5.74, 6) is 2.97. The van der Waals surface area contributed by atoms with Gasteiger partial charge in [-0.1, -0.05) is 0 Å². The Labute approximate surface area is 120 Å². The minimum Gasteiger partial charge on any atom is -0.455 e. The maximum atomic E-state index is 5.92. The number of nitrogens with zero attached hydrogens (tertiary/aromatic N) is 3. The second-order valence-corrected chi connectivity index (χ2v) is 5.01. The van der Waals surface area contributed by atoms with E-state index in [1.54, 1.807) is 37.2 Å². The highest BCUT2D eigenvalue weighted by atomic mass is 16.5. The van der Waals surface area contributed by atoms with E-state index in [9.17, 15) is 0 Å². The van der Waals surface area contributed by atoms with Gasteiger partial charge < -0.3 is 9.47 Å². The van der Waals surface area contributed by atoms with Crippen LogP contribution in [0.15, 0.2) is 49.3 Å². The highest BCUT2D eigenvalue weighted by molar-refractivity contribution is 6.98. The van der Waals surface area contributed by atoms with Crippen molar-refractivity contribution in [3.63, 3.8) is 0 Å². The van der Waals surface area contributed by atoms with Crippen LogP contribution in [0, 0.1) is 0 Å². The molecule has 0 saturated heterocycles. The van der Waals surface area contributed by atoms with Crippen LogP contribution in [0.1, 0.15) is 0 Å². The Bertz CT molecular complexity index is 817. The predicted octanol–water partition coefficient (Wildman–Crippen LogP) is 0.599. The van der Waals surface area contributed by atoms with E-state index < -0.39 is 0 Å². The molecule has 5 heterocycles. The molecule has 98 valence electrons. The minimum atomic E-state index is 0.0662. The molecule has 0 unspecified atom stereocenters. The van der Waals surface area contributed by atoms with Gasteiger partial charge in [-0.05, 0) is 23.1 Å². The number of hydrogen-bond acceptors (Lipinski definition) is 5. The summed E-state index contributed by atoms with van der Waals surface area (Å²) in [6.07, 6.45) is 10.5. The van der Waals surface area contributed by atoms with E-state index in [-0.39, 0.29) is 6.71 Å². The number of hydrogen-bond donors (Lipinski definition) is 0. The van der Waals surface area contributed by atoms with Crippen molar-refractivity contribution in [1.82, 2.24) is 15.0 Å². The van der Waals surface area contributed by atoms with Gasteiger partial charge in [0.2, 0.25) is 0 Å². The molecule has 0 radical (unpaired) electrons. The molecule has 5 rings (SSSR count). The van der Waals surface area contributed by atoms with E-state index >= 15 is 0 Å². The molecule has 0 aromatic carbocycles. The summed E-state index contributed by atoms with van der Waals surface area (Å²) in [6.45, 7) is 0.0662. The van der Waals surface area contributed by atoms with Crippen molar-refractivity contribution in [3.05, 3.63) is 49.3 Å². The van der Waals surface area contributed by atoms with E-state index in [2.05, 4.69) is 15.0 Å². The average molecular weight is 273 g/mol. The van der Waals surface area contributed by atoms with Crippen molar-refractivity contribution in [2.75, 3.05) is 0 Å². The van der Waals surface area contributed by atoms with Crippen molar-refractivity contribution in [2.24, 2.45) is 0 Å². The Morgan fingerprint density at radius 2 is 1.19 bits per heavy atom.